The summed E-state index contributed by atoms with van der Waals surface area (Å²) >= 11 is 0. The third-order valence-electron chi connectivity index (χ3n) is 1.39. The van der Waals surface area contributed by atoms with Crippen LogP contribution in [-0.4, -0.2) is 24.2 Å². The molecule has 2 unspecified atom stereocenters. The minimum Gasteiger partial charge on any atom is -0.237 e. The van der Waals surface area contributed by atoms with E-state index in [9.17, 15) is 26.3 Å². The van der Waals surface area contributed by atoms with Gasteiger partial charge in [-0.05, 0) is 0 Å². The molecule has 0 aromatic heterocycles. The van der Waals surface area contributed by atoms with Crippen LogP contribution in [0.4, 0.5) is 26.3 Å². The molecule has 0 aromatic rings. The Hall–Kier alpha value is -0.420. The molecule has 60 valence electrons. The summed E-state index contributed by atoms with van der Waals surface area (Å²) in [5, 5.41) is 0. The summed E-state index contributed by atoms with van der Waals surface area (Å²) in [7, 11) is 0. The Balaban J connectivity index is 2.82. The third-order valence-corrected chi connectivity index (χ3v) is 1.39. The second-order valence-corrected chi connectivity index (χ2v) is 2.05. The fraction of sp³-hybridized carbons (Fsp3) is 1.00. The number of hydrogen-bond donors (Lipinski definition) is 0. The highest BCUT2D eigenvalue weighted by Crippen LogP contribution is 2.54. The maximum Gasteiger partial charge on any atom is 0.346 e. The highest BCUT2D eigenvalue weighted by atomic mass is 19.3. The number of halogens is 6. The minimum atomic E-state index is -4.83. The van der Waals surface area contributed by atoms with E-state index >= 15 is 0 Å². The third kappa shape index (κ3) is 0.543. The molecular weight excluding hydrogens is 162 g/mol. The fourth-order valence-electron chi connectivity index (χ4n) is 0.639. The monoisotopic (exact) mass is 164 g/mol. The molecule has 0 saturated heterocycles. The van der Waals surface area contributed by atoms with Crippen molar-refractivity contribution >= 4 is 0 Å². The van der Waals surface area contributed by atoms with Crippen molar-refractivity contribution in [2.45, 2.75) is 24.2 Å². The zero-order chi connectivity index (χ0) is 8.15. The molecule has 1 aliphatic rings. The van der Waals surface area contributed by atoms with Crippen molar-refractivity contribution in [1.82, 2.24) is 0 Å². The summed E-state index contributed by atoms with van der Waals surface area (Å²) in [6.07, 6.45) is -6.72. The van der Waals surface area contributed by atoms with E-state index in [-0.39, 0.29) is 0 Å². The van der Waals surface area contributed by atoms with E-state index in [0.29, 0.717) is 0 Å². The van der Waals surface area contributed by atoms with E-state index in [0.717, 1.165) is 0 Å². The van der Waals surface area contributed by atoms with Gasteiger partial charge in [0.05, 0.1) is 0 Å². The van der Waals surface area contributed by atoms with Crippen molar-refractivity contribution in [3.05, 3.63) is 0 Å². The lowest BCUT2D eigenvalue weighted by Gasteiger charge is -2.41. The van der Waals surface area contributed by atoms with Gasteiger partial charge in [-0.25, -0.2) is 8.78 Å². The molecule has 0 heterocycles. The smallest absolute Gasteiger partial charge is 0.237 e. The highest BCUT2D eigenvalue weighted by molar-refractivity contribution is 5.12. The molecule has 6 heteroatoms. The van der Waals surface area contributed by atoms with Crippen LogP contribution < -0.4 is 0 Å². The van der Waals surface area contributed by atoms with Gasteiger partial charge in [0.15, 0.2) is 0 Å². The zero-order valence-electron chi connectivity index (χ0n) is 4.42. The van der Waals surface area contributed by atoms with Crippen LogP contribution in [0.25, 0.3) is 0 Å². The first-order valence-corrected chi connectivity index (χ1v) is 2.35. The molecule has 0 nitrogen and oxygen atoms in total. The van der Waals surface area contributed by atoms with Gasteiger partial charge in [0, 0.05) is 0 Å². The summed E-state index contributed by atoms with van der Waals surface area (Å²) < 4.78 is 69.5. The Bertz CT molecular complexity index is 134. The van der Waals surface area contributed by atoms with Crippen LogP contribution in [-0.2, 0) is 0 Å². The SMILES string of the molecule is FC1C(F)C(F)(F)C1(F)F. The summed E-state index contributed by atoms with van der Waals surface area (Å²) in [6.45, 7) is 0. The van der Waals surface area contributed by atoms with E-state index in [1.54, 1.807) is 0 Å². The average Bonchev–Trinajstić information content (AvgIpc) is 1.84. The lowest BCUT2D eigenvalue weighted by molar-refractivity contribution is -0.351. The van der Waals surface area contributed by atoms with Crippen LogP contribution in [0.15, 0.2) is 0 Å². The molecular formula is C4H2F6. The molecule has 0 aromatic carbocycles. The Labute approximate surface area is 51.8 Å². The Morgan fingerprint density at radius 1 is 0.700 bits per heavy atom. The van der Waals surface area contributed by atoms with Crippen LogP contribution in [0.5, 0.6) is 0 Å². The Morgan fingerprint density at radius 2 is 0.900 bits per heavy atom. The Morgan fingerprint density at radius 3 is 1.00 bits per heavy atom. The predicted molar refractivity (Wildman–Crippen MR) is 19.7 cm³/mol. The maximum atomic E-state index is 11.6. The lowest BCUT2D eigenvalue weighted by Crippen LogP contribution is -2.70. The molecule has 1 aliphatic carbocycles. The van der Waals surface area contributed by atoms with Crippen molar-refractivity contribution in [3.63, 3.8) is 0 Å². The van der Waals surface area contributed by atoms with E-state index in [1.165, 1.54) is 0 Å². The van der Waals surface area contributed by atoms with Gasteiger partial charge in [-0.15, -0.1) is 0 Å². The van der Waals surface area contributed by atoms with Crippen LogP contribution >= 0.6 is 0 Å². The maximum absolute atomic E-state index is 11.6. The zero-order valence-corrected chi connectivity index (χ0v) is 4.42. The van der Waals surface area contributed by atoms with Gasteiger partial charge in [0.25, 0.3) is 0 Å². The van der Waals surface area contributed by atoms with Crippen molar-refractivity contribution in [3.8, 4) is 0 Å². The van der Waals surface area contributed by atoms with Gasteiger partial charge < -0.3 is 0 Å². The first-order valence-electron chi connectivity index (χ1n) is 2.35. The molecule has 0 bridgehead atoms. The molecule has 0 spiro atoms. The molecule has 1 rings (SSSR count). The second-order valence-electron chi connectivity index (χ2n) is 2.05. The van der Waals surface area contributed by atoms with E-state index in [2.05, 4.69) is 0 Å². The van der Waals surface area contributed by atoms with Gasteiger partial charge in [-0.3, -0.25) is 0 Å². The van der Waals surface area contributed by atoms with E-state index in [1.807, 2.05) is 0 Å². The van der Waals surface area contributed by atoms with Gasteiger partial charge in [-0.1, -0.05) is 0 Å². The van der Waals surface area contributed by atoms with Crippen molar-refractivity contribution in [2.24, 2.45) is 0 Å². The van der Waals surface area contributed by atoms with Crippen LogP contribution in [0, 0.1) is 0 Å². The number of rotatable bonds is 0. The van der Waals surface area contributed by atoms with Crippen molar-refractivity contribution < 1.29 is 26.3 Å². The lowest BCUT2D eigenvalue weighted by atomic mass is 9.85. The normalized spacial score (nSPS) is 42.6. The van der Waals surface area contributed by atoms with Crippen LogP contribution in [0.2, 0.25) is 0 Å². The summed E-state index contributed by atoms with van der Waals surface area (Å²) in [5.41, 5.74) is 0. The molecule has 0 aliphatic heterocycles. The minimum absolute atomic E-state index is 3.36. The van der Waals surface area contributed by atoms with E-state index < -0.39 is 24.2 Å². The largest absolute Gasteiger partial charge is 0.346 e. The Kier molecular flexibility index (Phi) is 1.23. The summed E-state index contributed by atoms with van der Waals surface area (Å²) in [4.78, 5) is 0. The van der Waals surface area contributed by atoms with Gasteiger partial charge in [0.1, 0.15) is 0 Å². The topological polar surface area (TPSA) is 0 Å². The molecule has 10 heavy (non-hydrogen) atoms. The molecule has 1 fully saturated rings. The first-order chi connectivity index (χ1) is 4.32. The van der Waals surface area contributed by atoms with Crippen molar-refractivity contribution in [1.29, 1.82) is 0 Å². The van der Waals surface area contributed by atoms with Crippen molar-refractivity contribution in [2.75, 3.05) is 0 Å². The highest BCUT2D eigenvalue weighted by Gasteiger charge is 2.81. The van der Waals surface area contributed by atoms with Gasteiger partial charge >= 0.3 is 11.8 Å². The van der Waals surface area contributed by atoms with Crippen LogP contribution in [0.1, 0.15) is 0 Å². The predicted octanol–water partition coefficient (Wildman–Crippen LogP) is 1.95. The van der Waals surface area contributed by atoms with E-state index in [4.69, 9.17) is 0 Å². The fourth-order valence-corrected chi connectivity index (χ4v) is 0.639. The van der Waals surface area contributed by atoms with Gasteiger partial charge in [0.2, 0.25) is 12.3 Å². The summed E-state index contributed by atoms with van der Waals surface area (Å²) in [5.74, 6) is -9.65. The quantitative estimate of drug-likeness (QED) is 0.480. The van der Waals surface area contributed by atoms with Gasteiger partial charge in [-0.2, -0.15) is 17.6 Å². The molecule has 0 radical (unpaired) electrons. The summed E-state index contributed by atoms with van der Waals surface area (Å²) in [6, 6.07) is 0. The average molecular weight is 164 g/mol. The molecule has 1 saturated carbocycles. The first kappa shape index (κ1) is 7.68. The number of alkyl halides is 6. The molecule has 0 N–H and O–H groups in total. The standard InChI is InChI=1S/C4H2F6/c5-1-2(6)4(9,10)3(1,7)8/h1-2H. The molecule has 0 amide bonds. The molecule has 2 atom stereocenters. The number of hydrogen-bond acceptors (Lipinski definition) is 0. The second kappa shape index (κ2) is 1.60. The van der Waals surface area contributed by atoms with Crippen LogP contribution in [0.3, 0.4) is 0 Å².